The quantitative estimate of drug-likeness (QED) is 0.574. The Bertz CT molecular complexity index is 76.6. The molecular formula is C8H16O. The van der Waals surface area contributed by atoms with E-state index in [1.54, 1.807) is 0 Å². The Morgan fingerprint density at radius 2 is 2.22 bits per heavy atom. The third kappa shape index (κ3) is 5.57. The average Bonchev–Trinajstić information content (AvgIpc) is 1.85. The van der Waals surface area contributed by atoms with Crippen molar-refractivity contribution in [3.05, 3.63) is 12.2 Å². The van der Waals surface area contributed by atoms with Crippen LogP contribution in [0, 0.1) is 5.92 Å². The normalized spacial score (nSPS) is 14.6. The molecule has 0 aromatic heterocycles. The second-order valence-corrected chi connectivity index (χ2v) is 2.42. The predicted molar refractivity (Wildman–Crippen MR) is 40.3 cm³/mol. The van der Waals surface area contributed by atoms with Crippen LogP contribution in [0.5, 0.6) is 0 Å². The second kappa shape index (κ2) is 5.83. The van der Waals surface area contributed by atoms with Gasteiger partial charge in [-0.3, -0.25) is 0 Å². The zero-order chi connectivity index (χ0) is 7.11. The summed E-state index contributed by atoms with van der Waals surface area (Å²) in [5.74, 6) is 0.631. The van der Waals surface area contributed by atoms with Gasteiger partial charge in [0.25, 0.3) is 0 Å². The zero-order valence-corrected chi connectivity index (χ0v) is 6.30. The van der Waals surface area contributed by atoms with Crippen molar-refractivity contribution in [3.63, 3.8) is 0 Å². The molecule has 0 aromatic rings. The number of hydrogen-bond donors (Lipinski definition) is 1. The van der Waals surface area contributed by atoms with E-state index in [9.17, 15) is 0 Å². The Kier molecular flexibility index (Phi) is 5.64. The highest BCUT2D eigenvalue weighted by Crippen LogP contribution is 2.06. The van der Waals surface area contributed by atoms with Gasteiger partial charge in [0.2, 0.25) is 0 Å². The van der Waals surface area contributed by atoms with Gasteiger partial charge in [0.1, 0.15) is 0 Å². The summed E-state index contributed by atoms with van der Waals surface area (Å²) in [4.78, 5) is 0. The lowest BCUT2D eigenvalue weighted by Gasteiger charge is -2.03. The van der Waals surface area contributed by atoms with Gasteiger partial charge >= 0.3 is 0 Å². The van der Waals surface area contributed by atoms with Crippen LogP contribution in [0.25, 0.3) is 0 Å². The van der Waals surface area contributed by atoms with E-state index in [-0.39, 0.29) is 0 Å². The molecular weight excluding hydrogens is 112 g/mol. The molecule has 54 valence electrons. The van der Waals surface area contributed by atoms with Crippen LogP contribution in [0.3, 0.4) is 0 Å². The van der Waals surface area contributed by atoms with Crippen LogP contribution in [-0.4, -0.2) is 11.7 Å². The number of hydrogen-bond acceptors (Lipinski definition) is 1. The lowest BCUT2D eigenvalue weighted by molar-refractivity contribution is 0.263. The minimum absolute atomic E-state index is 0.318. The van der Waals surface area contributed by atoms with Gasteiger partial charge in [-0.2, -0.15) is 0 Å². The third-order valence-electron chi connectivity index (χ3n) is 1.40. The van der Waals surface area contributed by atoms with Crippen molar-refractivity contribution in [2.45, 2.75) is 26.7 Å². The number of allylic oxidation sites excluding steroid dienone is 2. The predicted octanol–water partition coefficient (Wildman–Crippen LogP) is 1.97. The highest BCUT2D eigenvalue weighted by molar-refractivity contribution is 4.78. The van der Waals surface area contributed by atoms with Crippen LogP contribution in [-0.2, 0) is 0 Å². The molecule has 1 atom stereocenters. The van der Waals surface area contributed by atoms with Crippen molar-refractivity contribution < 1.29 is 5.11 Å². The Morgan fingerprint density at radius 3 is 2.67 bits per heavy atom. The molecule has 0 bridgehead atoms. The maximum absolute atomic E-state index is 8.51. The molecule has 0 aromatic carbocycles. The van der Waals surface area contributed by atoms with Gasteiger partial charge in [-0.25, -0.2) is 0 Å². The summed E-state index contributed by atoms with van der Waals surface area (Å²) in [6.45, 7) is 4.49. The molecule has 1 heteroatoms. The number of aliphatic hydroxyl groups excluding tert-OH is 1. The van der Waals surface area contributed by atoms with Gasteiger partial charge in [-0.05, 0) is 25.7 Å². The first-order valence-electron chi connectivity index (χ1n) is 3.53. The third-order valence-corrected chi connectivity index (χ3v) is 1.40. The summed E-state index contributed by atoms with van der Waals surface area (Å²) in [5, 5.41) is 8.51. The Hall–Kier alpha value is -0.300. The van der Waals surface area contributed by atoms with E-state index in [1.807, 2.05) is 13.0 Å². The van der Waals surface area contributed by atoms with Crippen molar-refractivity contribution in [1.82, 2.24) is 0 Å². The number of rotatable bonds is 4. The minimum Gasteiger partial charge on any atom is -0.396 e. The summed E-state index contributed by atoms with van der Waals surface area (Å²) < 4.78 is 0. The molecule has 0 radical (unpaired) electrons. The molecule has 0 heterocycles. The first-order chi connectivity index (χ1) is 4.31. The highest BCUT2D eigenvalue weighted by Gasteiger charge is 1.95. The first-order valence-corrected chi connectivity index (χ1v) is 3.53. The number of aliphatic hydroxyl groups is 1. The van der Waals surface area contributed by atoms with E-state index in [4.69, 9.17) is 5.11 Å². The summed E-state index contributed by atoms with van der Waals surface area (Å²) in [6.07, 6.45) is 6.20. The van der Waals surface area contributed by atoms with Gasteiger partial charge in [0, 0.05) is 6.61 Å². The average molecular weight is 128 g/mol. The van der Waals surface area contributed by atoms with Crippen molar-refractivity contribution >= 4 is 0 Å². The van der Waals surface area contributed by atoms with Crippen molar-refractivity contribution in [3.8, 4) is 0 Å². The fraction of sp³-hybridized carbons (Fsp3) is 0.750. The standard InChI is InChI=1S/C8H16O/c1-3-4-5-8(2)6-7-9/h3-4,8-9H,5-7H2,1-2H3/b4-3+/t8-/m1/s1. The monoisotopic (exact) mass is 128 g/mol. The molecule has 0 rings (SSSR count). The summed E-state index contributed by atoms with van der Waals surface area (Å²) in [5.41, 5.74) is 0. The van der Waals surface area contributed by atoms with Crippen molar-refractivity contribution in [2.24, 2.45) is 5.92 Å². The first kappa shape index (κ1) is 8.70. The topological polar surface area (TPSA) is 20.2 Å². The fourth-order valence-electron chi connectivity index (χ4n) is 0.707. The Morgan fingerprint density at radius 1 is 1.56 bits per heavy atom. The van der Waals surface area contributed by atoms with E-state index in [0.717, 1.165) is 12.8 Å². The van der Waals surface area contributed by atoms with Gasteiger partial charge in [0.15, 0.2) is 0 Å². The van der Waals surface area contributed by atoms with Gasteiger partial charge in [-0.15, -0.1) is 0 Å². The van der Waals surface area contributed by atoms with E-state index in [2.05, 4.69) is 13.0 Å². The molecule has 0 aliphatic carbocycles. The van der Waals surface area contributed by atoms with E-state index >= 15 is 0 Å². The SMILES string of the molecule is C/C=C/C[C@@H](C)CCO. The molecule has 1 N–H and O–H groups in total. The second-order valence-electron chi connectivity index (χ2n) is 2.42. The molecule has 0 spiro atoms. The van der Waals surface area contributed by atoms with Crippen molar-refractivity contribution in [1.29, 1.82) is 0 Å². The molecule has 0 fully saturated rings. The zero-order valence-electron chi connectivity index (χ0n) is 6.30. The summed E-state index contributed by atoms with van der Waals surface area (Å²) in [7, 11) is 0. The largest absolute Gasteiger partial charge is 0.396 e. The molecule has 0 aliphatic rings. The van der Waals surface area contributed by atoms with Crippen LogP contribution < -0.4 is 0 Å². The lowest BCUT2D eigenvalue weighted by Crippen LogP contribution is -1.95. The Balaban J connectivity index is 3.15. The fourth-order valence-corrected chi connectivity index (χ4v) is 0.707. The van der Waals surface area contributed by atoms with Crippen LogP contribution in [0.1, 0.15) is 26.7 Å². The maximum Gasteiger partial charge on any atom is 0.0433 e. The van der Waals surface area contributed by atoms with Crippen LogP contribution in [0.15, 0.2) is 12.2 Å². The van der Waals surface area contributed by atoms with Crippen LogP contribution in [0.4, 0.5) is 0 Å². The van der Waals surface area contributed by atoms with Crippen molar-refractivity contribution in [2.75, 3.05) is 6.61 Å². The minimum atomic E-state index is 0.318. The highest BCUT2D eigenvalue weighted by atomic mass is 16.2. The van der Waals surface area contributed by atoms with E-state index in [0.29, 0.717) is 12.5 Å². The van der Waals surface area contributed by atoms with Gasteiger partial charge in [0.05, 0.1) is 0 Å². The van der Waals surface area contributed by atoms with E-state index < -0.39 is 0 Å². The molecule has 0 amide bonds. The molecule has 0 unspecified atom stereocenters. The Labute approximate surface area is 57.4 Å². The maximum atomic E-state index is 8.51. The molecule has 0 saturated carbocycles. The molecule has 9 heavy (non-hydrogen) atoms. The molecule has 0 saturated heterocycles. The molecule has 1 nitrogen and oxygen atoms in total. The lowest BCUT2D eigenvalue weighted by atomic mass is 10.0. The van der Waals surface area contributed by atoms with Gasteiger partial charge in [-0.1, -0.05) is 19.1 Å². The van der Waals surface area contributed by atoms with Crippen LogP contribution >= 0.6 is 0 Å². The summed E-state index contributed by atoms with van der Waals surface area (Å²) >= 11 is 0. The van der Waals surface area contributed by atoms with Crippen LogP contribution in [0.2, 0.25) is 0 Å². The smallest absolute Gasteiger partial charge is 0.0433 e. The summed E-state index contributed by atoms with van der Waals surface area (Å²) in [6, 6.07) is 0. The van der Waals surface area contributed by atoms with E-state index in [1.165, 1.54) is 0 Å². The van der Waals surface area contributed by atoms with Gasteiger partial charge < -0.3 is 5.11 Å². The molecule has 0 aliphatic heterocycles.